The largest absolute Gasteiger partial charge is 0.504 e. The lowest BCUT2D eigenvalue weighted by molar-refractivity contribution is 0.0496. The zero-order valence-corrected chi connectivity index (χ0v) is 22.0. The summed E-state index contributed by atoms with van der Waals surface area (Å²) in [5, 5.41) is 22.3. The van der Waals surface area contributed by atoms with E-state index in [1.165, 1.54) is 48.5 Å². The molecule has 0 amide bonds. The number of carbonyl (C=O) groups is 4. The van der Waals surface area contributed by atoms with Gasteiger partial charge in [0.2, 0.25) is 5.75 Å². The predicted molar refractivity (Wildman–Crippen MR) is 147 cm³/mol. The van der Waals surface area contributed by atoms with Crippen LogP contribution in [0.5, 0.6) is 17.2 Å². The summed E-state index contributed by atoms with van der Waals surface area (Å²) in [7, 11) is 0. The molecule has 0 radical (unpaired) electrons. The normalized spacial score (nSPS) is 10.6. The lowest BCUT2D eigenvalue weighted by Gasteiger charge is -2.20. The van der Waals surface area contributed by atoms with Crippen LogP contribution in [0.15, 0.2) is 84.9 Å². The molecule has 0 unspecified atom stereocenters. The van der Waals surface area contributed by atoms with E-state index < -0.39 is 57.4 Å². The van der Waals surface area contributed by atoms with Crippen LogP contribution in [-0.2, 0) is 4.74 Å². The van der Waals surface area contributed by atoms with Crippen molar-refractivity contribution < 1.29 is 38.9 Å². The van der Waals surface area contributed by atoms with Crippen molar-refractivity contribution in [3.8, 4) is 17.2 Å². The second-order valence-electron chi connectivity index (χ2n) is 8.58. The Morgan fingerprint density at radius 1 is 0.675 bits per heavy atom. The summed E-state index contributed by atoms with van der Waals surface area (Å²) >= 11 is 6.10. The molecule has 0 atom stereocenters. The Kier molecular flexibility index (Phi) is 8.61. The highest BCUT2D eigenvalue weighted by Crippen LogP contribution is 2.46. The van der Waals surface area contributed by atoms with Gasteiger partial charge in [-0.2, -0.15) is 0 Å². The van der Waals surface area contributed by atoms with Gasteiger partial charge in [-0.3, -0.25) is 9.59 Å². The third kappa shape index (κ3) is 5.72. The molecule has 0 aliphatic rings. The van der Waals surface area contributed by atoms with E-state index in [2.05, 4.69) is 0 Å². The van der Waals surface area contributed by atoms with Crippen LogP contribution in [0, 0.1) is 0 Å². The quantitative estimate of drug-likeness (QED) is 0.111. The first-order valence-electron chi connectivity index (χ1n) is 12.2. The molecule has 202 valence electrons. The second-order valence-corrected chi connectivity index (χ2v) is 9.01. The third-order valence-corrected chi connectivity index (χ3v) is 6.06. The molecule has 0 aliphatic heterocycles. The standard InChI is InChI=1S/C31H23ClO8/c1-2-16-39-31(38)22-23(25(33)18-10-5-3-6-11-18)27(35)28(36)29(40-30(37)19-12-7-4-8-13-19)24(22)26(34)20-14-9-15-21(32)17-20/h3-15,17,35-36H,2,16H2,1H3. The van der Waals surface area contributed by atoms with E-state index in [0.717, 1.165) is 0 Å². The fourth-order valence-electron chi connectivity index (χ4n) is 3.94. The molecule has 4 rings (SSSR count). The van der Waals surface area contributed by atoms with Crippen LogP contribution in [0.1, 0.15) is 65.9 Å². The molecule has 4 aromatic carbocycles. The average molecular weight is 559 g/mol. The number of phenols is 2. The molecule has 0 spiro atoms. The summed E-state index contributed by atoms with van der Waals surface area (Å²) in [4.78, 5) is 54.0. The Labute approximate surface area is 234 Å². The number of hydrogen-bond donors (Lipinski definition) is 2. The summed E-state index contributed by atoms with van der Waals surface area (Å²) in [5.74, 6) is -6.89. The van der Waals surface area contributed by atoms with Gasteiger partial charge in [0.05, 0.1) is 28.9 Å². The minimum atomic E-state index is -1.14. The topological polar surface area (TPSA) is 127 Å². The van der Waals surface area contributed by atoms with Crippen LogP contribution in [0.3, 0.4) is 0 Å². The second kappa shape index (κ2) is 12.3. The number of phenolic OH excluding ortho intramolecular Hbond substituents is 2. The molecule has 0 aromatic heterocycles. The number of halogens is 1. The number of ketones is 2. The molecule has 0 saturated carbocycles. The molecule has 40 heavy (non-hydrogen) atoms. The van der Waals surface area contributed by atoms with Crippen LogP contribution in [0.25, 0.3) is 0 Å². The van der Waals surface area contributed by atoms with Crippen molar-refractivity contribution in [2.45, 2.75) is 13.3 Å². The Hall–Kier alpha value is -4.95. The summed E-state index contributed by atoms with van der Waals surface area (Å²) in [6.07, 6.45) is 0.408. The number of carbonyl (C=O) groups excluding carboxylic acids is 4. The first-order chi connectivity index (χ1) is 19.2. The minimum Gasteiger partial charge on any atom is -0.504 e. The van der Waals surface area contributed by atoms with Gasteiger partial charge < -0.3 is 19.7 Å². The number of hydrogen-bond acceptors (Lipinski definition) is 8. The van der Waals surface area contributed by atoms with Crippen LogP contribution >= 0.6 is 11.6 Å². The Balaban J connectivity index is 2.05. The van der Waals surface area contributed by atoms with Gasteiger partial charge in [-0.15, -0.1) is 0 Å². The van der Waals surface area contributed by atoms with Crippen molar-refractivity contribution >= 4 is 35.1 Å². The molecular formula is C31H23ClO8. The molecule has 0 aliphatic carbocycles. The van der Waals surface area contributed by atoms with Crippen LogP contribution < -0.4 is 4.74 Å². The number of aromatic hydroxyl groups is 2. The molecule has 9 heteroatoms. The first-order valence-corrected chi connectivity index (χ1v) is 12.6. The minimum absolute atomic E-state index is 0.0442. The third-order valence-electron chi connectivity index (χ3n) is 5.83. The maximum atomic E-state index is 13.9. The number of benzene rings is 4. The Morgan fingerprint density at radius 2 is 1.25 bits per heavy atom. The highest BCUT2D eigenvalue weighted by atomic mass is 35.5. The van der Waals surface area contributed by atoms with Gasteiger partial charge in [0.15, 0.2) is 23.1 Å². The average Bonchev–Trinajstić information content (AvgIpc) is 2.98. The number of rotatable bonds is 9. The highest BCUT2D eigenvalue weighted by Gasteiger charge is 2.37. The van der Waals surface area contributed by atoms with Crippen molar-refractivity contribution in [1.82, 2.24) is 0 Å². The predicted octanol–water partition coefficient (Wildman–Crippen LogP) is 6.00. The molecule has 2 N–H and O–H groups in total. The van der Waals surface area contributed by atoms with E-state index in [1.807, 2.05) is 0 Å². The van der Waals surface area contributed by atoms with Crippen molar-refractivity contribution in [3.05, 3.63) is 123 Å². The van der Waals surface area contributed by atoms with Crippen LogP contribution in [0.2, 0.25) is 5.02 Å². The summed E-state index contributed by atoms with van der Waals surface area (Å²) in [5.41, 5.74) is -1.94. The van der Waals surface area contributed by atoms with E-state index in [1.54, 1.807) is 43.3 Å². The van der Waals surface area contributed by atoms with Crippen molar-refractivity contribution in [2.24, 2.45) is 0 Å². The van der Waals surface area contributed by atoms with Crippen molar-refractivity contribution in [3.63, 3.8) is 0 Å². The van der Waals surface area contributed by atoms with Gasteiger partial charge in [-0.05, 0) is 30.7 Å². The maximum absolute atomic E-state index is 13.9. The summed E-state index contributed by atoms with van der Waals surface area (Å²) in [6, 6.07) is 21.0. The monoisotopic (exact) mass is 558 g/mol. The lowest BCUT2D eigenvalue weighted by Crippen LogP contribution is -2.21. The van der Waals surface area contributed by atoms with Crippen molar-refractivity contribution in [2.75, 3.05) is 6.61 Å². The fraction of sp³-hybridized carbons (Fsp3) is 0.0968. The SMILES string of the molecule is CCCOC(=O)c1c(C(=O)c2ccccc2)c(O)c(O)c(OC(=O)c2ccccc2)c1C(=O)c1cccc(Cl)c1. The Bertz CT molecular complexity index is 1600. The molecule has 0 fully saturated rings. The van der Waals surface area contributed by atoms with Gasteiger partial charge in [0.25, 0.3) is 0 Å². The molecule has 0 saturated heterocycles. The maximum Gasteiger partial charge on any atom is 0.343 e. The smallest absolute Gasteiger partial charge is 0.343 e. The van der Waals surface area contributed by atoms with E-state index in [-0.39, 0.29) is 28.3 Å². The van der Waals surface area contributed by atoms with E-state index in [4.69, 9.17) is 21.1 Å². The fourth-order valence-corrected chi connectivity index (χ4v) is 4.13. The summed E-state index contributed by atoms with van der Waals surface area (Å²) in [6.45, 7) is 1.66. The molecule has 0 heterocycles. The first kappa shape index (κ1) is 28.1. The van der Waals surface area contributed by atoms with E-state index in [9.17, 15) is 29.4 Å². The van der Waals surface area contributed by atoms with E-state index in [0.29, 0.717) is 6.42 Å². The lowest BCUT2D eigenvalue weighted by atomic mass is 9.88. The Morgan fingerprint density at radius 3 is 1.85 bits per heavy atom. The molecular weight excluding hydrogens is 536 g/mol. The summed E-state index contributed by atoms with van der Waals surface area (Å²) < 4.78 is 10.7. The zero-order valence-electron chi connectivity index (χ0n) is 21.2. The molecule has 8 nitrogen and oxygen atoms in total. The van der Waals surface area contributed by atoms with Gasteiger partial charge in [0.1, 0.15) is 0 Å². The zero-order chi connectivity index (χ0) is 28.8. The van der Waals surface area contributed by atoms with Gasteiger partial charge in [0, 0.05) is 16.1 Å². The number of esters is 2. The van der Waals surface area contributed by atoms with Crippen LogP contribution in [-0.4, -0.2) is 40.3 Å². The van der Waals surface area contributed by atoms with Crippen LogP contribution in [0.4, 0.5) is 0 Å². The number of ether oxygens (including phenoxy) is 2. The highest BCUT2D eigenvalue weighted by molar-refractivity contribution is 6.31. The molecule has 4 aromatic rings. The van der Waals surface area contributed by atoms with Gasteiger partial charge >= 0.3 is 11.9 Å². The van der Waals surface area contributed by atoms with Gasteiger partial charge in [-0.1, -0.05) is 79.2 Å². The van der Waals surface area contributed by atoms with E-state index >= 15 is 0 Å². The molecule has 0 bridgehead atoms. The van der Waals surface area contributed by atoms with Gasteiger partial charge in [-0.25, -0.2) is 9.59 Å². The van der Waals surface area contributed by atoms with Crippen molar-refractivity contribution in [1.29, 1.82) is 0 Å².